The van der Waals surface area contributed by atoms with E-state index in [0.29, 0.717) is 47.3 Å². The van der Waals surface area contributed by atoms with Crippen molar-refractivity contribution in [3.63, 3.8) is 0 Å². The quantitative estimate of drug-likeness (QED) is 0.329. The van der Waals surface area contributed by atoms with E-state index in [1.807, 2.05) is 0 Å². The van der Waals surface area contributed by atoms with Gasteiger partial charge in [0.15, 0.2) is 0 Å². The minimum Gasteiger partial charge on any atom is -0.463 e. The van der Waals surface area contributed by atoms with Crippen LogP contribution in [0.25, 0.3) is 0 Å². The molecule has 34 heavy (non-hydrogen) atoms. The predicted octanol–water partition coefficient (Wildman–Crippen LogP) is 6.45. The fraction of sp³-hybridized carbons (Fsp3) is 0.897. The van der Waals surface area contributed by atoms with Crippen LogP contribution in [0.5, 0.6) is 0 Å². The van der Waals surface area contributed by atoms with Crippen molar-refractivity contribution in [3.8, 4) is 6.07 Å². The fourth-order valence-corrected chi connectivity index (χ4v) is 9.52. The molecule has 9 unspecified atom stereocenters. The number of unbranched alkanes of at least 4 members (excludes halogenated alkanes) is 1. The zero-order chi connectivity index (χ0) is 24.7. The molecule has 0 radical (unpaired) electrons. The first kappa shape index (κ1) is 25.5. The van der Waals surface area contributed by atoms with Gasteiger partial charge in [-0.3, -0.25) is 9.59 Å². The largest absolute Gasteiger partial charge is 0.463 e. The first-order valence-electron chi connectivity index (χ1n) is 13.8. The lowest BCUT2D eigenvalue weighted by atomic mass is 9.43. The summed E-state index contributed by atoms with van der Waals surface area (Å²) in [4.78, 5) is 23.8. The molecule has 190 valence electrons. The fourth-order valence-electron chi connectivity index (χ4n) is 9.52. The second kappa shape index (κ2) is 9.82. The molecule has 4 rings (SSSR count). The minimum absolute atomic E-state index is 0.00378. The average Bonchev–Trinajstić information content (AvgIpc) is 3.11. The van der Waals surface area contributed by atoms with Crippen LogP contribution in [0.15, 0.2) is 0 Å². The average molecular weight is 472 g/mol. The summed E-state index contributed by atoms with van der Waals surface area (Å²) in [6.07, 6.45) is 11.6. The van der Waals surface area contributed by atoms with E-state index in [2.05, 4.69) is 26.8 Å². The smallest absolute Gasteiger partial charge is 0.302 e. The van der Waals surface area contributed by atoms with Gasteiger partial charge < -0.3 is 9.47 Å². The number of fused-ring (bicyclic) bond motifs is 5. The first-order valence-corrected chi connectivity index (χ1v) is 13.8. The number of hydrogen-bond donors (Lipinski definition) is 0. The molecule has 0 aromatic heterocycles. The number of nitriles is 1. The number of rotatable bonds is 6. The van der Waals surface area contributed by atoms with Crippen molar-refractivity contribution in [2.75, 3.05) is 0 Å². The van der Waals surface area contributed by atoms with Crippen molar-refractivity contribution in [2.24, 2.45) is 46.3 Å². The highest BCUT2D eigenvalue weighted by Crippen LogP contribution is 2.68. The monoisotopic (exact) mass is 471 g/mol. The zero-order valence-corrected chi connectivity index (χ0v) is 22.0. The van der Waals surface area contributed by atoms with E-state index in [0.717, 1.165) is 38.5 Å². The van der Waals surface area contributed by atoms with Crippen LogP contribution in [0, 0.1) is 57.7 Å². The maximum Gasteiger partial charge on any atom is 0.302 e. The first-order chi connectivity index (χ1) is 16.1. The van der Waals surface area contributed by atoms with E-state index in [1.165, 1.54) is 32.6 Å². The molecule has 0 aromatic rings. The third kappa shape index (κ3) is 4.51. The van der Waals surface area contributed by atoms with E-state index in [4.69, 9.17) is 14.7 Å². The number of carbonyl (C=O) groups excluding carboxylic acids is 2. The number of nitrogens with zero attached hydrogens (tertiary/aromatic N) is 1. The SMILES string of the molecule is CC(=O)OC1CCC2(C)C(C1)CC(OC(C)=O)C1C2CCC2(C)C1CCC2[C@H](C)CCCC#N. The van der Waals surface area contributed by atoms with Gasteiger partial charge in [0.05, 0.1) is 6.07 Å². The molecule has 4 fully saturated rings. The Bertz CT molecular complexity index is 819. The van der Waals surface area contributed by atoms with Crippen LogP contribution in [-0.4, -0.2) is 24.1 Å². The molecule has 10 atom stereocenters. The Morgan fingerprint density at radius 3 is 2.32 bits per heavy atom. The topological polar surface area (TPSA) is 76.4 Å². The Kier molecular flexibility index (Phi) is 7.37. The standard InChI is InChI=1S/C29H45NO4/c1-18(8-6-7-15-30)23-9-10-24-27-25(12-14-29(23,24)5)28(4)13-11-22(33-19(2)31)16-21(28)17-26(27)34-20(3)32/h18,21-27H,6-14,16-17H2,1-5H3/t18-,21?,22?,23?,24?,25?,26?,27?,28?,29?/m1/s1. The van der Waals surface area contributed by atoms with Gasteiger partial charge in [-0.2, -0.15) is 5.26 Å². The van der Waals surface area contributed by atoms with Crippen molar-refractivity contribution in [1.29, 1.82) is 5.26 Å². The molecular formula is C29H45NO4. The van der Waals surface area contributed by atoms with Crippen LogP contribution in [0.1, 0.15) is 105 Å². The molecule has 5 nitrogen and oxygen atoms in total. The normalized spacial score (nSPS) is 44.1. The summed E-state index contributed by atoms with van der Waals surface area (Å²) in [5, 5.41) is 8.98. The summed E-state index contributed by atoms with van der Waals surface area (Å²) in [5.41, 5.74) is 0.527. The molecule has 0 bridgehead atoms. The molecular weight excluding hydrogens is 426 g/mol. The number of hydrogen-bond acceptors (Lipinski definition) is 5. The summed E-state index contributed by atoms with van der Waals surface area (Å²) in [6.45, 7) is 10.5. The van der Waals surface area contributed by atoms with Crippen LogP contribution in [-0.2, 0) is 19.1 Å². The van der Waals surface area contributed by atoms with Gasteiger partial charge in [0.1, 0.15) is 12.2 Å². The van der Waals surface area contributed by atoms with Gasteiger partial charge >= 0.3 is 11.9 Å². The van der Waals surface area contributed by atoms with Crippen molar-refractivity contribution < 1.29 is 19.1 Å². The number of esters is 2. The molecule has 0 N–H and O–H groups in total. The Morgan fingerprint density at radius 2 is 1.65 bits per heavy atom. The van der Waals surface area contributed by atoms with Crippen LogP contribution in [0.3, 0.4) is 0 Å². The maximum absolute atomic E-state index is 12.2. The second-order valence-electron chi connectivity index (χ2n) is 12.6. The van der Waals surface area contributed by atoms with Gasteiger partial charge in [-0.15, -0.1) is 0 Å². The van der Waals surface area contributed by atoms with Crippen LogP contribution >= 0.6 is 0 Å². The van der Waals surface area contributed by atoms with Crippen LogP contribution < -0.4 is 0 Å². The maximum atomic E-state index is 12.2. The van der Waals surface area contributed by atoms with E-state index in [-0.39, 0.29) is 29.6 Å². The van der Waals surface area contributed by atoms with Crippen LogP contribution in [0.4, 0.5) is 0 Å². The van der Waals surface area contributed by atoms with Gasteiger partial charge in [-0.1, -0.05) is 20.8 Å². The summed E-state index contributed by atoms with van der Waals surface area (Å²) in [7, 11) is 0. The number of ether oxygens (including phenoxy) is 2. The molecule has 4 saturated carbocycles. The summed E-state index contributed by atoms with van der Waals surface area (Å²) >= 11 is 0. The summed E-state index contributed by atoms with van der Waals surface area (Å²) in [5.74, 6) is 3.02. The van der Waals surface area contributed by atoms with E-state index in [1.54, 1.807) is 6.92 Å². The molecule has 5 heteroatoms. The van der Waals surface area contributed by atoms with E-state index < -0.39 is 0 Å². The van der Waals surface area contributed by atoms with Crippen molar-refractivity contribution in [3.05, 3.63) is 0 Å². The Morgan fingerprint density at radius 1 is 0.971 bits per heavy atom. The van der Waals surface area contributed by atoms with E-state index in [9.17, 15) is 9.59 Å². The van der Waals surface area contributed by atoms with E-state index >= 15 is 0 Å². The lowest BCUT2D eigenvalue weighted by molar-refractivity contribution is -0.197. The molecule has 0 heterocycles. The molecule has 0 spiro atoms. The molecule has 0 aromatic carbocycles. The molecule has 0 aliphatic heterocycles. The molecule has 4 aliphatic carbocycles. The van der Waals surface area contributed by atoms with Gasteiger partial charge in [-0.25, -0.2) is 0 Å². The van der Waals surface area contributed by atoms with Crippen molar-refractivity contribution >= 4 is 11.9 Å². The summed E-state index contributed by atoms with van der Waals surface area (Å²) < 4.78 is 11.8. The van der Waals surface area contributed by atoms with Gasteiger partial charge in [0.25, 0.3) is 0 Å². The van der Waals surface area contributed by atoms with Crippen molar-refractivity contribution in [2.45, 2.75) is 117 Å². The van der Waals surface area contributed by atoms with Crippen LogP contribution in [0.2, 0.25) is 0 Å². The molecule has 0 saturated heterocycles. The molecule has 4 aliphatic rings. The minimum atomic E-state index is -0.187. The van der Waals surface area contributed by atoms with Crippen molar-refractivity contribution in [1.82, 2.24) is 0 Å². The summed E-state index contributed by atoms with van der Waals surface area (Å²) in [6, 6.07) is 2.31. The highest BCUT2D eigenvalue weighted by molar-refractivity contribution is 5.66. The van der Waals surface area contributed by atoms with Gasteiger partial charge in [0, 0.05) is 26.2 Å². The van der Waals surface area contributed by atoms with Gasteiger partial charge in [0.2, 0.25) is 0 Å². The lowest BCUT2D eigenvalue weighted by Crippen LogP contribution is -2.59. The zero-order valence-electron chi connectivity index (χ0n) is 22.0. The lowest BCUT2D eigenvalue weighted by Gasteiger charge is -2.62. The Balaban J connectivity index is 1.58. The Hall–Kier alpha value is -1.57. The predicted molar refractivity (Wildman–Crippen MR) is 130 cm³/mol. The second-order valence-corrected chi connectivity index (χ2v) is 12.6. The Labute approximate surface area is 206 Å². The number of carbonyl (C=O) groups is 2. The third-order valence-electron chi connectivity index (χ3n) is 11.0. The third-order valence-corrected chi connectivity index (χ3v) is 11.0. The molecule has 0 amide bonds. The highest BCUT2D eigenvalue weighted by Gasteiger charge is 2.63. The van der Waals surface area contributed by atoms with Gasteiger partial charge in [-0.05, 0) is 105 Å². The highest BCUT2D eigenvalue weighted by atomic mass is 16.5.